The number of carboxylic acids is 1. The number of aromatic nitrogens is 1. The van der Waals surface area contributed by atoms with E-state index in [0.717, 1.165) is 82.6 Å². The third kappa shape index (κ3) is 6.30. The van der Waals surface area contributed by atoms with E-state index in [1.165, 1.54) is 16.8 Å². The predicted octanol–water partition coefficient (Wildman–Crippen LogP) is 5.53. The molecule has 0 saturated carbocycles. The van der Waals surface area contributed by atoms with Crippen LogP contribution in [-0.4, -0.2) is 81.7 Å². The average molecular weight is 571 g/mol. The zero-order chi connectivity index (χ0) is 29.1. The molecule has 2 amide bonds. The van der Waals surface area contributed by atoms with Crippen LogP contribution in [0.2, 0.25) is 0 Å². The summed E-state index contributed by atoms with van der Waals surface area (Å²) in [7, 11) is 0. The van der Waals surface area contributed by atoms with E-state index in [4.69, 9.17) is 9.72 Å². The lowest BCUT2D eigenvalue weighted by atomic mass is 9.94. The Morgan fingerprint density at radius 2 is 1.88 bits per heavy atom. The Morgan fingerprint density at radius 3 is 2.60 bits per heavy atom. The van der Waals surface area contributed by atoms with Gasteiger partial charge in [-0.3, -0.25) is 9.88 Å². The van der Waals surface area contributed by atoms with Gasteiger partial charge < -0.3 is 19.6 Å². The molecular weight excluding hydrogens is 528 g/mol. The minimum absolute atomic E-state index is 0.0610. The van der Waals surface area contributed by atoms with Crippen molar-refractivity contribution in [3.8, 4) is 0 Å². The molecule has 2 aromatic rings. The summed E-state index contributed by atoms with van der Waals surface area (Å²) in [6, 6.07) is 11.7. The summed E-state index contributed by atoms with van der Waals surface area (Å²) in [4.78, 5) is 37.0. The highest BCUT2D eigenvalue weighted by Crippen LogP contribution is 2.33. The van der Waals surface area contributed by atoms with Crippen molar-refractivity contribution < 1.29 is 19.4 Å². The molecule has 4 aliphatic rings. The van der Waals surface area contributed by atoms with Crippen molar-refractivity contribution in [3.05, 3.63) is 88.3 Å². The summed E-state index contributed by atoms with van der Waals surface area (Å²) in [6.45, 7) is 7.62. The summed E-state index contributed by atoms with van der Waals surface area (Å²) in [6.07, 6.45) is 12.5. The zero-order valence-corrected chi connectivity index (χ0v) is 24.6. The van der Waals surface area contributed by atoms with Gasteiger partial charge >= 0.3 is 12.0 Å². The number of nitrogens with zero attached hydrogens (tertiary/aromatic N) is 4. The number of rotatable bonds is 8. The van der Waals surface area contributed by atoms with Gasteiger partial charge in [0.15, 0.2) is 0 Å². The second-order valence-electron chi connectivity index (χ2n) is 12.2. The fourth-order valence-corrected chi connectivity index (χ4v) is 7.03. The molecule has 3 fully saturated rings. The topological polar surface area (TPSA) is 86.2 Å². The van der Waals surface area contributed by atoms with E-state index < -0.39 is 5.97 Å². The van der Waals surface area contributed by atoms with Gasteiger partial charge in [-0.1, -0.05) is 36.4 Å². The highest BCUT2D eigenvalue weighted by Gasteiger charge is 2.43. The number of hydrogen-bond donors (Lipinski definition) is 1. The molecule has 0 bridgehead atoms. The number of carbonyl (C=O) groups excluding carboxylic acids is 1. The third-order valence-corrected chi connectivity index (χ3v) is 9.44. The Morgan fingerprint density at radius 1 is 1.07 bits per heavy atom. The summed E-state index contributed by atoms with van der Waals surface area (Å²) in [5.41, 5.74) is 6.03. The minimum atomic E-state index is -0.948. The molecule has 1 aromatic carbocycles. The van der Waals surface area contributed by atoms with Crippen LogP contribution >= 0.6 is 0 Å². The predicted molar refractivity (Wildman–Crippen MR) is 161 cm³/mol. The van der Waals surface area contributed by atoms with Gasteiger partial charge in [-0.05, 0) is 80.3 Å². The molecular formula is C34H42N4O4. The Hall–Kier alpha value is -3.49. The SMILES string of the molecule is Cc1nc(C2CCOCC2)ccc1CN1CCC(N2C(=O)N(Cc3cccc(C(=O)O)c3)C[C@H]2C2=CC=CCC2)CC1. The summed E-state index contributed by atoms with van der Waals surface area (Å²) < 4.78 is 5.53. The molecule has 3 saturated heterocycles. The highest BCUT2D eigenvalue weighted by atomic mass is 16.5. The monoisotopic (exact) mass is 570 g/mol. The van der Waals surface area contributed by atoms with Crippen LogP contribution in [-0.2, 0) is 17.8 Å². The van der Waals surface area contributed by atoms with E-state index in [1.54, 1.807) is 18.2 Å². The Labute approximate surface area is 248 Å². The van der Waals surface area contributed by atoms with Crippen LogP contribution < -0.4 is 0 Å². The van der Waals surface area contributed by atoms with Crippen molar-refractivity contribution in [1.29, 1.82) is 0 Å². The highest BCUT2D eigenvalue weighted by molar-refractivity contribution is 5.87. The second kappa shape index (κ2) is 12.8. The molecule has 1 atom stereocenters. The number of hydrogen-bond acceptors (Lipinski definition) is 5. The molecule has 222 valence electrons. The number of benzene rings is 1. The molecule has 1 aliphatic carbocycles. The van der Waals surface area contributed by atoms with Gasteiger partial charge in [0.2, 0.25) is 0 Å². The van der Waals surface area contributed by atoms with Gasteiger partial charge in [-0.25, -0.2) is 9.59 Å². The van der Waals surface area contributed by atoms with Crippen LogP contribution in [0.5, 0.6) is 0 Å². The minimum Gasteiger partial charge on any atom is -0.478 e. The molecule has 1 aromatic heterocycles. The van der Waals surface area contributed by atoms with Gasteiger partial charge in [0.25, 0.3) is 0 Å². The lowest BCUT2D eigenvalue weighted by Gasteiger charge is -2.39. The number of piperidine rings is 1. The van der Waals surface area contributed by atoms with Gasteiger partial charge in [0, 0.05) is 69.3 Å². The smallest absolute Gasteiger partial charge is 0.335 e. The van der Waals surface area contributed by atoms with Crippen molar-refractivity contribution in [2.75, 3.05) is 32.8 Å². The molecule has 3 aliphatic heterocycles. The number of carbonyl (C=O) groups is 2. The average Bonchev–Trinajstić information content (AvgIpc) is 3.34. The standard InChI is InChI=1S/C34H42N4O4/c1-24-29(10-11-31(35-24)26-14-18-42-19-15-26)22-36-16-12-30(13-17-36)38-32(27-7-3-2-4-8-27)23-37(34(38)41)21-25-6-5-9-28(20-25)33(39)40/h2-3,5-7,9-11,20,26,30,32H,4,8,12-19,21-23H2,1H3,(H,39,40)/t32-/m0/s1. The molecule has 8 nitrogen and oxygen atoms in total. The van der Waals surface area contributed by atoms with Crippen molar-refractivity contribution in [3.63, 3.8) is 0 Å². The number of aryl methyl sites for hydroxylation is 1. The third-order valence-electron chi connectivity index (χ3n) is 9.44. The van der Waals surface area contributed by atoms with Crippen molar-refractivity contribution in [2.24, 2.45) is 0 Å². The van der Waals surface area contributed by atoms with E-state index in [-0.39, 0.29) is 23.7 Å². The molecule has 42 heavy (non-hydrogen) atoms. The van der Waals surface area contributed by atoms with Crippen LogP contribution in [0.4, 0.5) is 4.79 Å². The van der Waals surface area contributed by atoms with Gasteiger partial charge in [0.1, 0.15) is 0 Å². The fourth-order valence-electron chi connectivity index (χ4n) is 7.03. The summed E-state index contributed by atoms with van der Waals surface area (Å²) >= 11 is 0. The van der Waals surface area contributed by atoms with Crippen LogP contribution in [0, 0.1) is 6.92 Å². The van der Waals surface area contributed by atoms with Crippen molar-refractivity contribution >= 4 is 12.0 Å². The number of ether oxygens (including phenoxy) is 1. The van der Waals surface area contributed by atoms with E-state index in [9.17, 15) is 14.7 Å². The first-order valence-electron chi connectivity index (χ1n) is 15.5. The first-order valence-corrected chi connectivity index (χ1v) is 15.5. The van der Waals surface area contributed by atoms with Gasteiger partial charge in [0.05, 0.1) is 11.6 Å². The van der Waals surface area contributed by atoms with Crippen LogP contribution in [0.1, 0.15) is 77.3 Å². The van der Waals surface area contributed by atoms with Crippen LogP contribution in [0.25, 0.3) is 0 Å². The molecule has 0 radical (unpaired) electrons. The lowest BCUT2D eigenvalue weighted by molar-refractivity contribution is 0.0696. The van der Waals surface area contributed by atoms with Crippen LogP contribution in [0.15, 0.2) is 60.2 Å². The maximum absolute atomic E-state index is 13.9. The van der Waals surface area contributed by atoms with Crippen LogP contribution in [0.3, 0.4) is 0 Å². The van der Waals surface area contributed by atoms with E-state index in [0.29, 0.717) is 19.0 Å². The number of aromatic carboxylic acids is 1. The Kier molecular flexibility index (Phi) is 8.72. The number of pyridine rings is 1. The first-order chi connectivity index (χ1) is 20.5. The lowest BCUT2D eigenvalue weighted by Crippen LogP contribution is -2.49. The largest absolute Gasteiger partial charge is 0.478 e. The maximum Gasteiger partial charge on any atom is 0.335 e. The van der Waals surface area contributed by atoms with E-state index in [1.807, 2.05) is 11.0 Å². The summed E-state index contributed by atoms with van der Waals surface area (Å²) in [5.74, 6) is -0.445. The number of carboxylic acid groups (broad SMARTS) is 1. The molecule has 8 heteroatoms. The Bertz CT molecular complexity index is 1360. The number of amides is 2. The molecule has 0 unspecified atom stereocenters. The van der Waals surface area contributed by atoms with E-state index >= 15 is 0 Å². The van der Waals surface area contributed by atoms with Crippen molar-refractivity contribution in [1.82, 2.24) is 19.7 Å². The number of likely N-dealkylation sites (tertiary alicyclic amines) is 1. The molecule has 1 N–H and O–H groups in total. The van der Waals surface area contributed by atoms with Gasteiger partial charge in [-0.15, -0.1) is 0 Å². The molecule has 6 rings (SSSR count). The van der Waals surface area contributed by atoms with Crippen molar-refractivity contribution in [2.45, 2.75) is 76.5 Å². The number of urea groups is 1. The quantitative estimate of drug-likeness (QED) is 0.449. The second-order valence-corrected chi connectivity index (χ2v) is 12.2. The number of allylic oxidation sites excluding steroid dienone is 3. The zero-order valence-electron chi connectivity index (χ0n) is 24.6. The Balaban J connectivity index is 1.12. The van der Waals surface area contributed by atoms with Gasteiger partial charge in [-0.2, -0.15) is 0 Å². The molecule has 0 spiro atoms. The summed E-state index contributed by atoms with van der Waals surface area (Å²) in [5, 5.41) is 9.43. The van der Waals surface area contributed by atoms with E-state index in [2.05, 4.69) is 47.1 Å². The molecule has 4 heterocycles. The normalized spacial score (nSPS) is 22.5. The maximum atomic E-state index is 13.9. The first kappa shape index (κ1) is 28.6. The fraction of sp³-hybridized carbons (Fsp3) is 0.500.